The molecule has 0 saturated heterocycles. The maximum absolute atomic E-state index is 14.0. The molecule has 3 aromatic carbocycles. The molecule has 0 spiro atoms. The number of nitrogens with one attached hydrogen (secondary N) is 1. The summed E-state index contributed by atoms with van der Waals surface area (Å²) in [5.74, 6) is -0.874. The Labute approximate surface area is 240 Å². The molecule has 3 aromatic rings. The fourth-order valence-electron chi connectivity index (χ4n) is 4.36. The van der Waals surface area contributed by atoms with Gasteiger partial charge in [0.15, 0.2) is 0 Å². The van der Waals surface area contributed by atoms with Crippen molar-refractivity contribution in [2.24, 2.45) is 0 Å². The van der Waals surface area contributed by atoms with Crippen molar-refractivity contribution in [1.29, 1.82) is 0 Å². The molecule has 1 atom stereocenters. The highest BCUT2D eigenvalue weighted by atomic mass is 35.5. The fourth-order valence-corrected chi connectivity index (χ4v) is 6.33. The summed E-state index contributed by atoms with van der Waals surface area (Å²) in [5, 5.41) is 3.56. The Kier molecular flexibility index (Phi) is 10.4. The molecule has 39 heavy (non-hydrogen) atoms. The normalized spacial score (nSPS) is 12.1. The second-order valence-electron chi connectivity index (χ2n) is 9.19. The van der Waals surface area contributed by atoms with E-state index in [0.717, 1.165) is 9.87 Å². The number of amides is 2. The van der Waals surface area contributed by atoms with Gasteiger partial charge in [0.05, 0.1) is 10.6 Å². The molecule has 0 saturated carbocycles. The number of halogens is 2. The molecule has 0 aromatic heterocycles. The number of carbonyl (C=O) groups excluding carboxylic acids is 2. The zero-order valence-corrected chi connectivity index (χ0v) is 24.8. The van der Waals surface area contributed by atoms with Gasteiger partial charge in [-0.2, -0.15) is 0 Å². The van der Waals surface area contributed by atoms with Gasteiger partial charge in [0.1, 0.15) is 12.6 Å². The Hall–Kier alpha value is -3.07. The molecule has 0 heterocycles. The first kappa shape index (κ1) is 30.5. The van der Waals surface area contributed by atoms with E-state index in [9.17, 15) is 18.0 Å². The minimum absolute atomic E-state index is 0.00339. The van der Waals surface area contributed by atoms with Gasteiger partial charge in [0, 0.05) is 23.1 Å². The summed E-state index contributed by atoms with van der Waals surface area (Å²) in [6.45, 7) is 7.17. The van der Waals surface area contributed by atoms with Gasteiger partial charge < -0.3 is 10.2 Å². The zero-order valence-electron chi connectivity index (χ0n) is 22.4. The van der Waals surface area contributed by atoms with E-state index >= 15 is 0 Å². The van der Waals surface area contributed by atoms with Crippen molar-refractivity contribution in [2.75, 3.05) is 17.4 Å². The van der Waals surface area contributed by atoms with Crippen LogP contribution in [-0.4, -0.2) is 44.3 Å². The minimum atomic E-state index is -4.13. The molecule has 2 amide bonds. The van der Waals surface area contributed by atoms with Gasteiger partial charge >= 0.3 is 0 Å². The van der Waals surface area contributed by atoms with Crippen molar-refractivity contribution in [2.45, 2.75) is 51.6 Å². The molecule has 7 nitrogen and oxygen atoms in total. The Balaban J connectivity index is 2.10. The number of hydrogen-bond donors (Lipinski definition) is 1. The zero-order chi connectivity index (χ0) is 28.7. The van der Waals surface area contributed by atoms with E-state index in [0.29, 0.717) is 39.8 Å². The van der Waals surface area contributed by atoms with Gasteiger partial charge in [-0.3, -0.25) is 13.9 Å². The van der Waals surface area contributed by atoms with Crippen molar-refractivity contribution in [3.05, 3.63) is 93.5 Å². The molecule has 0 bridgehead atoms. The number of aryl methyl sites for hydroxylation is 2. The summed E-state index contributed by atoms with van der Waals surface area (Å²) >= 11 is 12.5. The van der Waals surface area contributed by atoms with Crippen LogP contribution in [0.1, 0.15) is 37.0 Å². The summed E-state index contributed by atoms with van der Waals surface area (Å²) in [6.07, 6.45) is 0.317. The summed E-state index contributed by atoms with van der Waals surface area (Å²) in [6, 6.07) is 17.4. The lowest BCUT2D eigenvalue weighted by Gasteiger charge is -2.33. The minimum Gasteiger partial charge on any atom is -0.355 e. The summed E-state index contributed by atoms with van der Waals surface area (Å²) in [4.78, 5) is 28.5. The van der Waals surface area contributed by atoms with Crippen LogP contribution >= 0.6 is 23.2 Å². The van der Waals surface area contributed by atoms with E-state index in [-0.39, 0.29) is 17.3 Å². The predicted octanol–water partition coefficient (Wildman–Crippen LogP) is 5.75. The van der Waals surface area contributed by atoms with Crippen molar-refractivity contribution >= 4 is 50.7 Å². The molecule has 1 N–H and O–H groups in total. The van der Waals surface area contributed by atoms with Crippen LogP contribution < -0.4 is 9.62 Å². The van der Waals surface area contributed by atoms with Gasteiger partial charge in [-0.25, -0.2) is 8.42 Å². The summed E-state index contributed by atoms with van der Waals surface area (Å²) < 4.78 is 28.9. The van der Waals surface area contributed by atoms with Crippen LogP contribution in [0.15, 0.2) is 71.6 Å². The van der Waals surface area contributed by atoms with E-state index in [1.165, 1.54) is 17.0 Å². The molecular formula is C29H33Cl2N3O4S. The van der Waals surface area contributed by atoms with Crippen molar-refractivity contribution in [3.8, 4) is 0 Å². The molecule has 0 unspecified atom stereocenters. The van der Waals surface area contributed by atoms with E-state index in [2.05, 4.69) is 5.32 Å². The lowest BCUT2D eigenvalue weighted by atomic mass is 10.1. The highest BCUT2D eigenvalue weighted by molar-refractivity contribution is 7.92. The number of benzene rings is 3. The number of carbonyl (C=O) groups is 2. The smallest absolute Gasteiger partial charge is 0.264 e. The third-order valence-corrected chi connectivity index (χ3v) is 8.68. The van der Waals surface area contributed by atoms with Crippen LogP contribution in [0.25, 0.3) is 0 Å². The largest absolute Gasteiger partial charge is 0.355 e. The highest BCUT2D eigenvalue weighted by Crippen LogP contribution is 2.29. The van der Waals surface area contributed by atoms with Gasteiger partial charge in [-0.15, -0.1) is 0 Å². The molecule has 0 aliphatic rings. The number of sulfonamides is 1. The Morgan fingerprint density at radius 1 is 0.949 bits per heavy atom. The topological polar surface area (TPSA) is 86.8 Å². The van der Waals surface area contributed by atoms with Crippen molar-refractivity contribution in [3.63, 3.8) is 0 Å². The third-order valence-electron chi connectivity index (χ3n) is 6.32. The lowest BCUT2D eigenvalue weighted by molar-refractivity contribution is -0.140. The van der Waals surface area contributed by atoms with E-state index in [1.54, 1.807) is 69.3 Å². The number of rotatable bonds is 11. The first-order valence-corrected chi connectivity index (χ1v) is 14.8. The van der Waals surface area contributed by atoms with Crippen LogP contribution in [0.3, 0.4) is 0 Å². The van der Waals surface area contributed by atoms with Crippen LogP contribution in [0, 0.1) is 13.8 Å². The van der Waals surface area contributed by atoms with Crippen molar-refractivity contribution < 1.29 is 18.0 Å². The fraction of sp³-hybridized carbons (Fsp3) is 0.310. The van der Waals surface area contributed by atoms with Gasteiger partial charge in [-0.05, 0) is 68.7 Å². The van der Waals surface area contributed by atoms with E-state index < -0.39 is 28.5 Å². The van der Waals surface area contributed by atoms with Crippen LogP contribution in [0.2, 0.25) is 10.0 Å². The standard InChI is InChI=1S/C29H33Cl2N3O4S/c1-5-26(29(36)32-6-2)33(18-22-13-14-23(30)17-25(22)31)28(35)19-34(27-15-12-20(3)16-21(27)4)39(37,38)24-10-8-7-9-11-24/h7-17,26H,5-6,18-19H2,1-4H3,(H,32,36)/t26-/m0/s1. The van der Waals surface area contributed by atoms with Crippen LogP contribution in [0.5, 0.6) is 0 Å². The maximum atomic E-state index is 14.0. The molecule has 0 radical (unpaired) electrons. The second kappa shape index (κ2) is 13.3. The molecule has 0 aliphatic heterocycles. The maximum Gasteiger partial charge on any atom is 0.264 e. The first-order valence-electron chi connectivity index (χ1n) is 12.7. The third kappa shape index (κ3) is 7.32. The van der Waals surface area contributed by atoms with E-state index in [1.807, 2.05) is 13.0 Å². The average molecular weight is 591 g/mol. The summed E-state index contributed by atoms with van der Waals surface area (Å²) in [5.41, 5.74) is 2.63. The van der Waals surface area contributed by atoms with Gasteiger partial charge in [0.25, 0.3) is 10.0 Å². The first-order chi connectivity index (χ1) is 18.5. The number of anilines is 1. The van der Waals surface area contributed by atoms with Crippen LogP contribution in [-0.2, 0) is 26.2 Å². The van der Waals surface area contributed by atoms with E-state index in [4.69, 9.17) is 23.2 Å². The Bertz CT molecular complexity index is 1430. The van der Waals surface area contributed by atoms with Gasteiger partial charge in [0.2, 0.25) is 11.8 Å². The van der Waals surface area contributed by atoms with Crippen LogP contribution in [0.4, 0.5) is 5.69 Å². The quantitative estimate of drug-likeness (QED) is 0.308. The highest BCUT2D eigenvalue weighted by Gasteiger charge is 2.34. The summed E-state index contributed by atoms with van der Waals surface area (Å²) in [7, 11) is -4.13. The predicted molar refractivity (Wildman–Crippen MR) is 157 cm³/mol. The molecule has 0 aliphatic carbocycles. The second-order valence-corrected chi connectivity index (χ2v) is 11.9. The molecule has 3 rings (SSSR count). The number of nitrogens with zero attached hydrogens (tertiary/aromatic N) is 2. The molecule has 0 fully saturated rings. The SMILES string of the molecule is CCNC(=O)[C@H](CC)N(Cc1ccc(Cl)cc1Cl)C(=O)CN(c1ccc(C)cc1C)S(=O)(=O)c1ccccc1. The monoisotopic (exact) mass is 589 g/mol. The molecule has 208 valence electrons. The molecular weight excluding hydrogens is 557 g/mol. The number of hydrogen-bond acceptors (Lipinski definition) is 4. The lowest BCUT2D eigenvalue weighted by Crippen LogP contribution is -2.52. The number of likely N-dealkylation sites (N-methyl/N-ethyl adjacent to an activating group) is 1. The Morgan fingerprint density at radius 3 is 2.23 bits per heavy atom. The van der Waals surface area contributed by atoms with Gasteiger partial charge in [-0.1, -0.05) is 72.1 Å². The molecule has 10 heteroatoms. The van der Waals surface area contributed by atoms with Crippen molar-refractivity contribution in [1.82, 2.24) is 10.2 Å². The average Bonchev–Trinajstić information content (AvgIpc) is 2.89. The Morgan fingerprint density at radius 2 is 1.64 bits per heavy atom.